The molecular formula is C19H22N4O3. The molecule has 0 aliphatic rings. The lowest BCUT2D eigenvalue weighted by Crippen LogP contribution is -2.26. The highest BCUT2D eigenvalue weighted by molar-refractivity contribution is 5.84. The lowest BCUT2D eigenvalue weighted by atomic mass is 10.0. The van der Waals surface area contributed by atoms with Gasteiger partial charge in [0.25, 0.3) is 0 Å². The van der Waals surface area contributed by atoms with E-state index in [1.807, 2.05) is 32.0 Å². The molecule has 7 heteroatoms. The number of aryl methyl sites for hydroxylation is 2. The van der Waals surface area contributed by atoms with E-state index < -0.39 is 5.97 Å². The van der Waals surface area contributed by atoms with Gasteiger partial charge in [-0.25, -0.2) is 4.98 Å². The molecule has 7 nitrogen and oxygen atoms in total. The Balaban J connectivity index is 1.92. The molecule has 0 radical (unpaired) electrons. The first kappa shape index (κ1) is 19.2. The number of carbonyl (C=O) groups excluding carboxylic acids is 1. The molecule has 0 saturated carbocycles. The number of benzene rings is 1. The fraction of sp³-hybridized carbons (Fsp3) is 0.368. The smallest absolute Gasteiger partial charge is 0.303 e. The first-order valence-electron chi connectivity index (χ1n) is 8.45. The largest absolute Gasteiger partial charge is 0.481 e. The molecule has 1 aromatic carbocycles. The van der Waals surface area contributed by atoms with Crippen LogP contribution in [-0.4, -0.2) is 35.1 Å². The van der Waals surface area contributed by atoms with Crippen LogP contribution in [0.2, 0.25) is 0 Å². The van der Waals surface area contributed by atoms with Gasteiger partial charge in [-0.2, -0.15) is 5.26 Å². The van der Waals surface area contributed by atoms with Crippen LogP contribution in [0.25, 0.3) is 10.9 Å². The Morgan fingerprint density at radius 2 is 1.88 bits per heavy atom. The van der Waals surface area contributed by atoms with Crippen molar-refractivity contribution < 1.29 is 14.7 Å². The van der Waals surface area contributed by atoms with E-state index >= 15 is 0 Å². The zero-order valence-electron chi connectivity index (χ0n) is 14.9. The van der Waals surface area contributed by atoms with Crippen LogP contribution in [-0.2, 0) is 9.59 Å². The van der Waals surface area contributed by atoms with Gasteiger partial charge in [-0.3, -0.25) is 9.59 Å². The number of aliphatic carboxylic acids is 1. The van der Waals surface area contributed by atoms with Crippen LogP contribution in [0.1, 0.15) is 36.0 Å². The number of fused-ring (bicyclic) bond motifs is 1. The molecule has 26 heavy (non-hydrogen) atoms. The second-order valence-corrected chi connectivity index (χ2v) is 6.15. The number of carboxylic acids is 1. The SMILES string of the molecule is Cc1cc2cc(C#N)c(NCCCNC(=O)CCC(=O)O)nc2cc1C. The van der Waals surface area contributed by atoms with Crippen LogP contribution in [0, 0.1) is 25.2 Å². The van der Waals surface area contributed by atoms with Gasteiger partial charge in [0, 0.05) is 24.9 Å². The van der Waals surface area contributed by atoms with Crippen molar-refractivity contribution in [3.63, 3.8) is 0 Å². The molecule has 1 heterocycles. The number of anilines is 1. The normalized spacial score (nSPS) is 10.3. The third kappa shape index (κ3) is 5.18. The number of carboxylic acid groups (broad SMARTS) is 1. The molecule has 0 spiro atoms. The van der Waals surface area contributed by atoms with Crippen molar-refractivity contribution in [2.75, 3.05) is 18.4 Å². The number of amides is 1. The Kier molecular flexibility index (Phi) is 6.50. The number of carbonyl (C=O) groups is 2. The molecule has 0 aliphatic carbocycles. The lowest BCUT2D eigenvalue weighted by molar-refractivity contribution is -0.138. The van der Waals surface area contributed by atoms with Gasteiger partial charge in [0.15, 0.2) is 0 Å². The van der Waals surface area contributed by atoms with E-state index in [1.54, 1.807) is 0 Å². The Morgan fingerprint density at radius 3 is 2.58 bits per heavy atom. The standard InChI is InChI=1S/C19H22N4O3/c1-12-8-14-10-15(11-20)19(23-16(14)9-13(12)2)22-7-3-6-21-17(24)4-5-18(25)26/h8-10H,3-7H2,1-2H3,(H,21,24)(H,22,23)(H,25,26). The summed E-state index contributed by atoms with van der Waals surface area (Å²) in [6, 6.07) is 8.00. The van der Waals surface area contributed by atoms with Crippen LogP contribution < -0.4 is 10.6 Å². The van der Waals surface area contributed by atoms with E-state index in [0.717, 1.165) is 22.0 Å². The fourth-order valence-electron chi connectivity index (χ4n) is 2.49. The number of aromatic nitrogens is 1. The summed E-state index contributed by atoms with van der Waals surface area (Å²) in [7, 11) is 0. The van der Waals surface area contributed by atoms with Gasteiger partial charge in [0.05, 0.1) is 17.5 Å². The lowest BCUT2D eigenvalue weighted by Gasteiger charge is -2.10. The molecule has 2 aromatic rings. The van der Waals surface area contributed by atoms with Crippen LogP contribution in [0.5, 0.6) is 0 Å². The number of hydrogen-bond acceptors (Lipinski definition) is 5. The molecule has 2 rings (SSSR count). The Morgan fingerprint density at radius 1 is 1.15 bits per heavy atom. The summed E-state index contributed by atoms with van der Waals surface area (Å²) in [6.45, 7) is 5.02. The number of pyridine rings is 1. The molecule has 0 bridgehead atoms. The highest BCUT2D eigenvalue weighted by atomic mass is 16.4. The number of nitriles is 1. The van der Waals surface area contributed by atoms with Gasteiger partial charge in [-0.15, -0.1) is 0 Å². The van der Waals surface area contributed by atoms with Gasteiger partial charge < -0.3 is 15.7 Å². The van der Waals surface area contributed by atoms with Gasteiger partial charge in [-0.1, -0.05) is 0 Å². The number of nitrogens with one attached hydrogen (secondary N) is 2. The van der Waals surface area contributed by atoms with E-state index in [2.05, 4.69) is 21.7 Å². The van der Waals surface area contributed by atoms with Gasteiger partial charge in [0.2, 0.25) is 5.91 Å². The first-order valence-corrected chi connectivity index (χ1v) is 8.45. The summed E-state index contributed by atoms with van der Waals surface area (Å²) in [5.41, 5.74) is 3.61. The van der Waals surface area contributed by atoms with Gasteiger partial charge in [-0.05, 0) is 49.6 Å². The van der Waals surface area contributed by atoms with Crippen molar-refractivity contribution in [2.45, 2.75) is 33.1 Å². The quantitative estimate of drug-likeness (QED) is 0.627. The minimum Gasteiger partial charge on any atom is -0.481 e. The molecule has 136 valence electrons. The van der Waals surface area contributed by atoms with Crippen LogP contribution in [0.15, 0.2) is 18.2 Å². The van der Waals surface area contributed by atoms with Crippen molar-refractivity contribution in [2.24, 2.45) is 0 Å². The average Bonchev–Trinajstić information content (AvgIpc) is 2.60. The van der Waals surface area contributed by atoms with Crippen molar-refractivity contribution in [1.29, 1.82) is 5.26 Å². The molecule has 0 fully saturated rings. The number of nitrogens with zero attached hydrogens (tertiary/aromatic N) is 2. The highest BCUT2D eigenvalue weighted by Gasteiger charge is 2.08. The maximum atomic E-state index is 11.4. The Hall–Kier alpha value is -3.14. The topological polar surface area (TPSA) is 115 Å². The minimum atomic E-state index is -0.987. The first-order chi connectivity index (χ1) is 12.4. The van der Waals surface area contributed by atoms with Crippen molar-refractivity contribution in [3.8, 4) is 6.07 Å². The predicted molar refractivity (Wildman–Crippen MR) is 98.9 cm³/mol. The summed E-state index contributed by atoms with van der Waals surface area (Å²) in [6.07, 6.45) is 0.443. The van der Waals surface area contributed by atoms with E-state index in [-0.39, 0.29) is 18.7 Å². The molecule has 0 aliphatic heterocycles. The monoisotopic (exact) mass is 354 g/mol. The fourth-order valence-corrected chi connectivity index (χ4v) is 2.49. The molecule has 0 atom stereocenters. The second kappa shape index (κ2) is 8.81. The summed E-state index contributed by atoms with van der Waals surface area (Å²) < 4.78 is 0. The molecule has 0 saturated heterocycles. The van der Waals surface area contributed by atoms with Crippen LogP contribution >= 0.6 is 0 Å². The second-order valence-electron chi connectivity index (χ2n) is 6.15. The minimum absolute atomic E-state index is 0.0215. The van der Waals surface area contributed by atoms with E-state index in [4.69, 9.17) is 5.11 Å². The van der Waals surface area contributed by atoms with Gasteiger partial charge >= 0.3 is 5.97 Å². The van der Waals surface area contributed by atoms with Crippen LogP contribution in [0.4, 0.5) is 5.82 Å². The number of rotatable bonds is 8. The zero-order valence-corrected chi connectivity index (χ0v) is 14.9. The van der Waals surface area contributed by atoms with E-state index in [1.165, 1.54) is 0 Å². The predicted octanol–water partition coefficient (Wildman–Crippen LogP) is 2.51. The van der Waals surface area contributed by atoms with E-state index in [9.17, 15) is 14.9 Å². The third-order valence-electron chi connectivity index (χ3n) is 4.08. The Labute approximate surface area is 152 Å². The molecule has 3 N–H and O–H groups in total. The van der Waals surface area contributed by atoms with Crippen molar-refractivity contribution in [1.82, 2.24) is 10.3 Å². The molecule has 0 unspecified atom stereocenters. The maximum Gasteiger partial charge on any atom is 0.303 e. The number of hydrogen-bond donors (Lipinski definition) is 3. The molecule has 1 aromatic heterocycles. The molecular weight excluding hydrogens is 332 g/mol. The van der Waals surface area contributed by atoms with Gasteiger partial charge in [0.1, 0.15) is 11.9 Å². The molecule has 1 amide bonds. The summed E-state index contributed by atoms with van der Waals surface area (Å²) in [5.74, 6) is -0.737. The van der Waals surface area contributed by atoms with Crippen molar-refractivity contribution >= 4 is 28.6 Å². The third-order valence-corrected chi connectivity index (χ3v) is 4.08. The summed E-state index contributed by atoms with van der Waals surface area (Å²) in [5, 5.41) is 24.6. The van der Waals surface area contributed by atoms with Crippen LogP contribution in [0.3, 0.4) is 0 Å². The highest BCUT2D eigenvalue weighted by Crippen LogP contribution is 2.23. The average molecular weight is 354 g/mol. The maximum absolute atomic E-state index is 11.4. The Bertz CT molecular complexity index is 871. The zero-order chi connectivity index (χ0) is 19.1. The van der Waals surface area contributed by atoms with Crippen molar-refractivity contribution in [3.05, 3.63) is 34.9 Å². The summed E-state index contributed by atoms with van der Waals surface area (Å²) >= 11 is 0. The summed E-state index contributed by atoms with van der Waals surface area (Å²) in [4.78, 5) is 26.4. The van der Waals surface area contributed by atoms with E-state index in [0.29, 0.717) is 30.9 Å².